The van der Waals surface area contributed by atoms with E-state index in [1.165, 1.54) is 4.90 Å². The van der Waals surface area contributed by atoms with Crippen molar-refractivity contribution in [2.45, 2.75) is 25.2 Å². The van der Waals surface area contributed by atoms with Gasteiger partial charge in [0.25, 0.3) is 0 Å². The number of nitrogens with one attached hydrogen (secondary N) is 1. The van der Waals surface area contributed by atoms with Crippen molar-refractivity contribution in [3.05, 3.63) is 63.7 Å². The molecule has 1 aliphatic heterocycles. The molecule has 0 aliphatic carbocycles. The normalized spacial score (nSPS) is 19.2. The van der Waals surface area contributed by atoms with E-state index in [0.717, 1.165) is 9.13 Å². The van der Waals surface area contributed by atoms with E-state index in [4.69, 9.17) is 4.74 Å². The van der Waals surface area contributed by atoms with Gasteiger partial charge < -0.3 is 15.2 Å². The lowest BCUT2D eigenvalue weighted by molar-refractivity contribution is -0.120. The Labute approximate surface area is 165 Å². The molecule has 2 atom stereocenters. The van der Waals surface area contributed by atoms with Crippen molar-refractivity contribution in [2.75, 3.05) is 11.9 Å². The molecule has 6 nitrogen and oxygen atoms in total. The Kier molecular flexibility index (Phi) is 6.10. The first-order valence-corrected chi connectivity index (χ1v) is 9.32. The minimum absolute atomic E-state index is 0.0817. The van der Waals surface area contributed by atoms with E-state index in [1.54, 1.807) is 12.1 Å². The van der Waals surface area contributed by atoms with Crippen molar-refractivity contribution >= 4 is 40.3 Å². The van der Waals surface area contributed by atoms with Gasteiger partial charge in [-0.3, -0.25) is 9.69 Å². The van der Waals surface area contributed by atoms with Crippen LogP contribution in [0.15, 0.2) is 54.6 Å². The fourth-order valence-electron chi connectivity index (χ4n) is 2.83. The van der Waals surface area contributed by atoms with Gasteiger partial charge in [0.2, 0.25) is 5.91 Å². The van der Waals surface area contributed by atoms with Crippen LogP contribution in [0.5, 0.6) is 0 Å². The van der Waals surface area contributed by atoms with Crippen LogP contribution in [-0.2, 0) is 16.1 Å². The first kappa shape index (κ1) is 18.7. The number of halogens is 1. The highest BCUT2D eigenvalue weighted by atomic mass is 127. The summed E-state index contributed by atoms with van der Waals surface area (Å²) in [6.07, 6.45) is -1.16. The van der Waals surface area contributed by atoms with E-state index < -0.39 is 18.2 Å². The van der Waals surface area contributed by atoms with Crippen molar-refractivity contribution in [1.82, 2.24) is 4.90 Å². The van der Waals surface area contributed by atoms with Crippen LogP contribution in [0.1, 0.15) is 12.0 Å². The highest BCUT2D eigenvalue weighted by molar-refractivity contribution is 14.1. The van der Waals surface area contributed by atoms with Crippen LogP contribution >= 0.6 is 22.6 Å². The van der Waals surface area contributed by atoms with Crippen LogP contribution in [0.3, 0.4) is 0 Å². The molecule has 1 fully saturated rings. The molecule has 2 N–H and O–H groups in total. The number of carbonyl (C=O) groups excluding carboxylic acids is 2. The first-order chi connectivity index (χ1) is 12.5. The number of hydrogen-bond donors (Lipinski definition) is 2. The molecule has 3 rings (SSSR count). The van der Waals surface area contributed by atoms with Crippen molar-refractivity contribution < 1.29 is 19.4 Å². The van der Waals surface area contributed by atoms with Gasteiger partial charge in [0.15, 0.2) is 0 Å². The molecule has 2 aromatic carbocycles. The van der Waals surface area contributed by atoms with Crippen molar-refractivity contribution in [2.24, 2.45) is 0 Å². The Bertz CT molecular complexity index is 767. The van der Waals surface area contributed by atoms with Gasteiger partial charge in [0, 0.05) is 15.7 Å². The Morgan fingerprint density at radius 3 is 2.54 bits per heavy atom. The number of anilines is 1. The highest BCUT2D eigenvalue weighted by Crippen LogP contribution is 2.21. The lowest BCUT2D eigenvalue weighted by Gasteiger charge is -2.23. The van der Waals surface area contributed by atoms with Gasteiger partial charge in [-0.2, -0.15) is 0 Å². The Balaban J connectivity index is 1.62. The lowest BCUT2D eigenvalue weighted by Crippen LogP contribution is -2.43. The fraction of sp³-hybridized carbons (Fsp3) is 0.263. The molecule has 0 aromatic heterocycles. The highest BCUT2D eigenvalue weighted by Gasteiger charge is 2.39. The quantitative estimate of drug-likeness (QED) is 0.680. The number of carbonyl (C=O) groups is 2. The molecule has 1 heterocycles. The number of nitrogens with zero attached hydrogens (tertiary/aromatic N) is 1. The number of hydrogen-bond acceptors (Lipinski definition) is 4. The number of rotatable bonds is 4. The van der Waals surface area contributed by atoms with Gasteiger partial charge in [0.05, 0.1) is 12.6 Å². The van der Waals surface area contributed by atoms with Gasteiger partial charge in [-0.05, 0) is 52.4 Å². The van der Waals surface area contributed by atoms with Gasteiger partial charge >= 0.3 is 6.09 Å². The second-order valence-electron chi connectivity index (χ2n) is 6.09. The number of ether oxygens (including phenoxy) is 1. The third-order valence-electron chi connectivity index (χ3n) is 4.13. The molecule has 0 radical (unpaired) electrons. The van der Waals surface area contributed by atoms with E-state index in [9.17, 15) is 14.7 Å². The maximum atomic E-state index is 12.6. The first-order valence-electron chi connectivity index (χ1n) is 8.25. The molecule has 1 saturated heterocycles. The molecule has 7 heteroatoms. The molecule has 0 unspecified atom stereocenters. The number of aliphatic hydroxyl groups is 1. The van der Waals surface area contributed by atoms with E-state index in [1.807, 2.05) is 42.5 Å². The fourth-order valence-corrected chi connectivity index (χ4v) is 3.18. The average molecular weight is 466 g/mol. The van der Waals surface area contributed by atoms with Crippen LogP contribution in [0.2, 0.25) is 0 Å². The maximum Gasteiger partial charge on any atom is 0.410 e. The molecule has 0 bridgehead atoms. The second-order valence-corrected chi connectivity index (χ2v) is 7.34. The molecule has 26 heavy (non-hydrogen) atoms. The minimum atomic E-state index is -0.757. The molecular weight excluding hydrogens is 447 g/mol. The van der Waals surface area contributed by atoms with E-state index in [-0.39, 0.29) is 25.5 Å². The summed E-state index contributed by atoms with van der Waals surface area (Å²) in [6, 6.07) is 15.9. The zero-order valence-corrected chi connectivity index (χ0v) is 16.1. The summed E-state index contributed by atoms with van der Waals surface area (Å²) in [4.78, 5) is 26.2. The van der Waals surface area contributed by atoms with Crippen LogP contribution in [0.25, 0.3) is 0 Å². The summed E-state index contributed by atoms with van der Waals surface area (Å²) < 4.78 is 6.36. The average Bonchev–Trinajstić information content (AvgIpc) is 3.04. The van der Waals surface area contributed by atoms with Crippen LogP contribution < -0.4 is 5.32 Å². The Hall–Kier alpha value is -2.13. The summed E-state index contributed by atoms with van der Waals surface area (Å²) >= 11 is 2.18. The van der Waals surface area contributed by atoms with Gasteiger partial charge in [-0.1, -0.05) is 30.3 Å². The van der Waals surface area contributed by atoms with E-state index in [0.29, 0.717) is 5.69 Å². The monoisotopic (exact) mass is 466 g/mol. The molecule has 1 aliphatic rings. The smallest absolute Gasteiger partial charge is 0.410 e. The van der Waals surface area contributed by atoms with Gasteiger partial charge in [-0.15, -0.1) is 0 Å². The standard InChI is InChI=1S/C19H19IN2O4/c20-14-6-8-15(9-7-14)21-18(24)17-10-16(23)11-22(17)19(25)26-12-13-4-2-1-3-5-13/h1-9,16-17,23H,10-12H2,(H,21,24)/t16-,17+/m0/s1. The lowest BCUT2D eigenvalue weighted by atomic mass is 10.2. The molecular formula is C19H19IN2O4. The Morgan fingerprint density at radius 2 is 1.85 bits per heavy atom. The predicted octanol–water partition coefficient (Wildman–Crippen LogP) is 3.00. The van der Waals surface area contributed by atoms with Crippen LogP contribution in [0, 0.1) is 3.57 Å². The van der Waals surface area contributed by atoms with E-state index in [2.05, 4.69) is 27.9 Å². The topological polar surface area (TPSA) is 78.9 Å². The van der Waals surface area contributed by atoms with Gasteiger partial charge in [-0.25, -0.2) is 4.79 Å². The van der Waals surface area contributed by atoms with Crippen LogP contribution in [-0.4, -0.2) is 40.7 Å². The van der Waals surface area contributed by atoms with Gasteiger partial charge in [0.1, 0.15) is 12.6 Å². The van der Waals surface area contributed by atoms with Crippen molar-refractivity contribution in [1.29, 1.82) is 0 Å². The zero-order chi connectivity index (χ0) is 18.5. The summed E-state index contributed by atoms with van der Waals surface area (Å²) in [5.74, 6) is -0.334. The largest absolute Gasteiger partial charge is 0.445 e. The predicted molar refractivity (Wildman–Crippen MR) is 106 cm³/mol. The third kappa shape index (κ3) is 4.73. The molecule has 0 spiro atoms. The number of aliphatic hydroxyl groups excluding tert-OH is 1. The summed E-state index contributed by atoms with van der Waals surface area (Å²) in [7, 11) is 0. The molecule has 136 valence electrons. The molecule has 2 aromatic rings. The summed E-state index contributed by atoms with van der Waals surface area (Å²) in [5.41, 5.74) is 1.51. The van der Waals surface area contributed by atoms with Crippen LogP contribution in [0.4, 0.5) is 10.5 Å². The SMILES string of the molecule is O=C(Nc1ccc(I)cc1)[C@H]1C[C@H](O)CN1C(=O)OCc1ccccc1. The van der Waals surface area contributed by atoms with Crippen molar-refractivity contribution in [3.63, 3.8) is 0 Å². The minimum Gasteiger partial charge on any atom is -0.445 e. The molecule has 2 amide bonds. The number of likely N-dealkylation sites (tertiary alicyclic amines) is 1. The summed E-state index contributed by atoms with van der Waals surface area (Å²) in [5, 5.41) is 12.7. The number of amides is 2. The molecule has 0 saturated carbocycles. The third-order valence-corrected chi connectivity index (χ3v) is 4.85. The Morgan fingerprint density at radius 1 is 1.15 bits per heavy atom. The second kappa shape index (κ2) is 8.50. The van der Waals surface area contributed by atoms with E-state index >= 15 is 0 Å². The zero-order valence-electron chi connectivity index (χ0n) is 14.0. The maximum absolute atomic E-state index is 12.6. The number of β-amino-alcohol motifs (C(OH)–C–C–N with tert-alkyl or cyclic N) is 1. The van der Waals surface area contributed by atoms with Crippen molar-refractivity contribution in [3.8, 4) is 0 Å². The number of benzene rings is 2. The summed E-state index contributed by atoms with van der Waals surface area (Å²) in [6.45, 7) is 0.204.